The fourth-order valence-corrected chi connectivity index (χ4v) is 4.86. The van der Waals surface area contributed by atoms with E-state index in [2.05, 4.69) is 30.6 Å². The molecule has 1 unspecified atom stereocenters. The van der Waals surface area contributed by atoms with Crippen LogP contribution < -0.4 is 21.3 Å². The van der Waals surface area contributed by atoms with Gasteiger partial charge in [0, 0.05) is 55.3 Å². The molecule has 12 nitrogen and oxygen atoms in total. The third-order valence-electron chi connectivity index (χ3n) is 6.73. The number of carbonyl (C=O) groups is 1. The molecule has 0 radical (unpaired) electrons. The Kier molecular flexibility index (Phi) is 6.36. The lowest BCUT2D eigenvalue weighted by molar-refractivity contribution is 0.0291. The molecule has 2 aliphatic heterocycles. The van der Waals surface area contributed by atoms with Gasteiger partial charge < -0.3 is 29.6 Å². The van der Waals surface area contributed by atoms with Crippen molar-refractivity contribution in [1.29, 1.82) is 0 Å². The highest BCUT2D eigenvalue weighted by atomic mass is 19.1. The number of pyridine rings is 1. The van der Waals surface area contributed by atoms with Gasteiger partial charge in [0.25, 0.3) is 0 Å². The molecule has 1 amide bonds. The topological polar surface area (TPSA) is 142 Å². The number of anilines is 5. The number of amides is 1. The van der Waals surface area contributed by atoms with Crippen LogP contribution in [0, 0.1) is 18.7 Å². The zero-order valence-electron chi connectivity index (χ0n) is 23.0. The first-order valence-corrected chi connectivity index (χ1v) is 13.1. The number of halogens is 1. The van der Waals surface area contributed by atoms with Crippen molar-refractivity contribution in [3.05, 3.63) is 70.4 Å². The van der Waals surface area contributed by atoms with Crippen molar-refractivity contribution in [2.45, 2.75) is 33.3 Å². The highest BCUT2D eigenvalue weighted by molar-refractivity contribution is 5.78. The van der Waals surface area contributed by atoms with E-state index in [1.807, 2.05) is 33.9 Å². The van der Waals surface area contributed by atoms with Gasteiger partial charge >= 0.3 is 11.8 Å². The summed E-state index contributed by atoms with van der Waals surface area (Å²) >= 11 is 0. The third-order valence-corrected chi connectivity index (χ3v) is 6.73. The van der Waals surface area contributed by atoms with E-state index in [0.29, 0.717) is 47.9 Å². The van der Waals surface area contributed by atoms with Crippen molar-refractivity contribution in [3.63, 3.8) is 0 Å². The zero-order chi connectivity index (χ0) is 28.9. The fourth-order valence-electron chi connectivity index (χ4n) is 4.86. The molecule has 0 aliphatic carbocycles. The van der Waals surface area contributed by atoms with E-state index < -0.39 is 17.2 Å². The lowest BCUT2D eigenvalue weighted by Gasteiger charge is -2.25. The number of hydrogen-bond acceptors (Lipinski definition) is 10. The zero-order valence-corrected chi connectivity index (χ0v) is 23.0. The molecule has 6 rings (SSSR count). The first-order valence-electron chi connectivity index (χ1n) is 13.1. The van der Waals surface area contributed by atoms with Crippen LogP contribution in [0.25, 0.3) is 11.1 Å². The molecule has 0 bridgehead atoms. The lowest BCUT2D eigenvalue weighted by atomic mass is 10.1. The Balaban J connectivity index is 1.13. The molecule has 0 spiro atoms. The number of aryl methyl sites for hydroxylation is 1. The summed E-state index contributed by atoms with van der Waals surface area (Å²) in [6.07, 6.45) is 4.69. The first-order chi connectivity index (χ1) is 19.5. The van der Waals surface area contributed by atoms with Gasteiger partial charge in [-0.3, -0.25) is 4.98 Å². The summed E-state index contributed by atoms with van der Waals surface area (Å²) in [6, 6.07) is 6.54. The van der Waals surface area contributed by atoms with Crippen molar-refractivity contribution in [3.8, 4) is 0 Å². The number of nitrogens with zero attached hydrogens (tertiary/aromatic N) is 5. The van der Waals surface area contributed by atoms with Crippen LogP contribution in [0.4, 0.5) is 38.1 Å². The molecule has 1 aromatic carbocycles. The van der Waals surface area contributed by atoms with Crippen LogP contribution in [-0.4, -0.2) is 56.2 Å². The molecule has 3 aromatic heterocycles. The van der Waals surface area contributed by atoms with Gasteiger partial charge in [0.1, 0.15) is 11.4 Å². The quantitative estimate of drug-likeness (QED) is 0.311. The van der Waals surface area contributed by atoms with Crippen molar-refractivity contribution in [2.75, 3.05) is 35.2 Å². The molecule has 1 saturated heterocycles. The molecule has 3 N–H and O–H groups in total. The summed E-state index contributed by atoms with van der Waals surface area (Å²) in [4.78, 5) is 43.1. The normalized spacial score (nSPS) is 16.6. The highest BCUT2D eigenvalue weighted by Gasteiger charge is 2.38. The maximum atomic E-state index is 15.2. The second-order valence-corrected chi connectivity index (χ2v) is 11.1. The second-order valence-electron chi connectivity index (χ2n) is 11.1. The average molecular weight is 561 g/mol. The molecule has 1 fully saturated rings. The van der Waals surface area contributed by atoms with Crippen molar-refractivity contribution < 1.29 is 18.3 Å². The smallest absolute Gasteiger partial charge is 0.417 e. The summed E-state index contributed by atoms with van der Waals surface area (Å²) in [6.45, 7) is 8.87. The average Bonchev–Trinajstić information content (AvgIpc) is 3.57. The summed E-state index contributed by atoms with van der Waals surface area (Å²) in [5.74, 6) is 0.0776. The maximum Gasteiger partial charge on any atom is 0.417 e. The Hall–Kier alpha value is -4.94. The molecule has 2 aliphatic rings. The molecule has 5 heterocycles. The van der Waals surface area contributed by atoms with Crippen molar-refractivity contribution >= 4 is 46.2 Å². The Morgan fingerprint density at radius 2 is 1.98 bits per heavy atom. The fraction of sp³-hybridized carbons (Fsp3) is 0.321. The van der Waals surface area contributed by atoms with Crippen LogP contribution in [0.2, 0.25) is 0 Å². The molecule has 4 aromatic rings. The predicted molar refractivity (Wildman–Crippen MR) is 151 cm³/mol. The Morgan fingerprint density at radius 1 is 1.15 bits per heavy atom. The Labute approximate surface area is 234 Å². The van der Waals surface area contributed by atoms with E-state index in [1.54, 1.807) is 34.2 Å². The largest absolute Gasteiger partial charge is 0.444 e. The van der Waals surface area contributed by atoms with Crippen LogP contribution in [0.5, 0.6) is 0 Å². The minimum Gasteiger partial charge on any atom is -0.444 e. The third kappa shape index (κ3) is 5.55. The van der Waals surface area contributed by atoms with Crippen LogP contribution in [-0.2, 0) is 4.74 Å². The van der Waals surface area contributed by atoms with E-state index in [9.17, 15) is 9.59 Å². The number of likely N-dealkylation sites (tertiary alicyclic amines) is 1. The van der Waals surface area contributed by atoms with E-state index in [1.165, 1.54) is 12.3 Å². The molecule has 212 valence electrons. The number of aromatic nitrogens is 4. The number of H-pyrrole nitrogens is 1. The van der Waals surface area contributed by atoms with Gasteiger partial charge in [-0.2, -0.15) is 4.98 Å². The number of aromatic amines is 1. The SMILES string of the molecule is Cc1cnc(Nc2cnc(N3C=C4CN(C(=O)OC(C)(C)C)CC4C3)c(F)c2)nc1Nc1ccc2oc(=O)[nH]c2c1. The molecule has 13 heteroatoms. The molecular weight excluding hydrogens is 531 g/mol. The number of rotatable bonds is 5. The number of oxazole rings is 1. The summed E-state index contributed by atoms with van der Waals surface area (Å²) in [7, 11) is 0. The molecular formula is C28H29FN8O4. The summed E-state index contributed by atoms with van der Waals surface area (Å²) in [5, 5.41) is 6.21. The van der Waals surface area contributed by atoms with Gasteiger partial charge in [-0.15, -0.1) is 0 Å². The first kappa shape index (κ1) is 26.3. The number of benzene rings is 1. The minimum atomic E-state index is -0.558. The van der Waals surface area contributed by atoms with Crippen LogP contribution in [0.15, 0.2) is 57.6 Å². The van der Waals surface area contributed by atoms with Gasteiger partial charge in [-0.25, -0.2) is 23.9 Å². The molecule has 0 saturated carbocycles. The monoisotopic (exact) mass is 560 g/mol. The minimum absolute atomic E-state index is 0.0999. The standard InChI is InChI=1S/C28H29FN8O4/c1-15-9-31-25(35-23(15)32-18-5-6-22-21(8-18)34-26(38)40-22)33-19-7-20(29)24(30-10-19)36-11-16-13-37(14-17(16)12-36)27(39)41-28(2,3)4/h5-11,17H,12-14H2,1-4H3,(H,34,38)(H2,31,32,33,35). The number of ether oxygens (including phenoxy) is 1. The van der Waals surface area contributed by atoms with E-state index >= 15 is 4.39 Å². The van der Waals surface area contributed by atoms with Crippen LogP contribution in [0.1, 0.15) is 26.3 Å². The second kappa shape index (κ2) is 9.91. The summed E-state index contributed by atoms with van der Waals surface area (Å²) in [5.41, 5.74) is 3.37. The van der Waals surface area contributed by atoms with Gasteiger partial charge in [-0.05, 0) is 51.5 Å². The van der Waals surface area contributed by atoms with E-state index in [0.717, 1.165) is 11.1 Å². The molecule has 41 heavy (non-hydrogen) atoms. The predicted octanol–water partition coefficient (Wildman–Crippen LogP) is 4.81. The van der Waals surface area contributed by atoms with E-state index in [4.69, 9.17) is 9.15 Å². The van der Waals surface area contributed by atoms with Crippen molar-refractivity contribution in [2.24, 2.45) is 5.92 Å². The van der Waals surface area contributed by atoms with Gasteiger partial charge in [0.15, 0.2) is 17.2 Å². The number of carbonyl (C=O) groups excluding carboxylic acids is 1. The van der Waals surface area contributed by atoms with Gasteiger partial charge in [0.2, 0.25) is 5.95 Å². The van der Waals surface area contributed by atoms with Crippen LogP contribution in [0.3, 0.4) is 0 Å². The van der Waals surface area contributed by atoms with Crippen molar-refractivity contribution in [1.82, 2.24) is 24.8 Å². The lowest BCUT2D eigenvalue weighted by Crippen LogP contribution is -2.36. The maximum absolute atomic E-state index is 15.2. The van der Waals surface area contributed by atoms with E-state index in [-0.39, 0.29) is 23.8 Å². The van der Waals surface area contributed by atoms with Gasteiger partial charge in [0.05, 0.1) is 17.4 Å². The number of fused-ring (bicyclic) bond motifs is 2. The number of hydrogen-bond donors (Lipinski definition) is 3. The van der Waals surface area contributed by atoms with Gasteiger partial charge in [-0.1, -0.05) is 0 Å². The van der Waals surface area contributed by atoms with Crippen LogP contribution >= 0.6 is 0 Å². The summed E-state index contributed by atoms with van der Waals surface area (Å²) < 4.78 is 25.7. The Morgan fingerprint density at radius 3 is 2.73 bits per heavy atom. The molecule has 1 atom stereocenters. The number of nitrogens with one attached hydrogen (secondary N) is 3. The highest BCUT2D eigenvalue weighted by Crippen LogP contribution is 2.34. The Bertz CT molecular complexity index is 1740.